The SMILES string of the molecule is CCCCCCCCCCCCCCCCCC/C=C/C(O)C(CO)NC(=O)CCCCCCC/C=C\CCCCCCCCCCCOC(=O)CCCCCCCCCCCCCC. The van der Waals surface area contributed by atoms with Gasteiger partial charge in [-0.15, -0.1) is 0 Å². The third-order valence-corrected chi connectivity index (χ3v) is 13.5. The standard InChI is InChI=1S/C59H113NO5/c1-3-5-7-9-11-13-15-17-18-19-22-25-28-31-35-39-43-47-51-57(62)56(55-61)60-58(63)52-48-44-40-36-32-29-26-23-20-21-24-27-30-34-38-42-46-50-54-65-59(64)53-49-45-41-37-33-16-14-12-10-8-6-4-2/h23,26,47,51,56-57,61-62H,3-22,24-25,27-46,48-50,52-55H2,1-2H3,(H,60,63)/b26-23-,51-47+. The van der Waals surface area contributed by atoms with Crippen molar-refractivity contribution in [2.75, 3.05) is 13.2 Å². The molecule has 0 saturated carbocycles. The second-order valence-electron chi connectivity index (χ2n) is 20.0. The van der Waals surface area contributed by atoms with Crippen LogP contribution in [0.2, 0.25) is 0 Å². The highest BCUT2D eigenvalue weighted by atomic mass is 16.5. The van der Waals surface area contributed by atoms with E-state index < -0.39 is 12.1 Å². The van der Waals surface area contributed by atoms with Crippen LogP contribution >= 0.6 is 0 Å². The van der Waals surface area contributed by atoms with E-state index in [0.717, 1.165) is 57.8 Å². The first-order valence-corrected chi connectivity index (χ1v) is 29.1. The van der Waals surface area contributed by atoms with Gasteiger partial charge in [0.25, 0.3) is 0 Å². The molecule has 0 aliphatic rings. The number of hydrogen-bond acceptors (Lipinski definition) is 5. The van der Waals surface area contributed by atoms with Crippen molar-refractivity contribution in [3.8, 4) is 0 Å². The predicted molar refractivity (Wildman–Crippen MR) is 283 cm³/mol. The summed E-state index contributed by atoms with van der Waals surface area (Å²) < 4.78 is 5.46. The van der Waals surface area contributed by atoms with E-state index in [1.54, 1.807) is 6.08 Å². The molecule has 384 valence electrons. The van der Waals surface area contributed by atoms with E-state index in [2.05, 4.69) is 31.3 Å². The molecule has 3 N–H and O–H groups in total. The van der Waals surface area contributed by atoms with Crippen molar-refractivity contribution in [2.45, 2.75) is 328 Å². The molecule has 0 saturated heterocycles. The first kappa shape index (κ1) is 63.3. The zero-order valence-electron chi connectivity index (χ0n) is 43.7. The van der Waals surface area contributed by atoms with E-state index in [4.69, 9.17) is 4.74 Å². The average Bonchev–Trinajstić information content (AvgIpc) is 3.31. The van der Waals surface area contributed by atoms with Crippen molar-refractivity contribution in [2.24, 2.45) is 0 Å². The second kappa shape index (κ2) is 54.9. The molecule has 6 nitrogen and oxygen atoms in total. The van der Waals surface area contributed by atoms with Crippen molar-refractivity contribution in [1.29, 1.82) is 0 Å². The largest absolute Gasteiger partial charge is 0.466 e. The van der Waals surface area contributed by atoms with E-state index in [1.165, 1.54) is 231 Å². The number of aliphatic hydroxyl groups excluding tert-OH is 2. The van der Waals surface area contributed by atoms with Crippen LogP contribution in [-0.4, -0.2) is 47.4 Å². The number of esters is 1. The maximum Gasteiger partial charge on any atom is 0.305 e. The number of amides is 1. The number of carbonyl (C=O) groups excluding carboxylic acids is 2. The highest BCUT2D eigenvalue weighted by Crippen LogP contribution is 2.17. The smallest absolute Gasteiger partial charge is 0.305 e. The molecule has 0 aliphatic heterocycles. The van der Waals surface area contributed by atoms with E-state index in [-0.39, 0.29) is 18.5 Å². The summed E-state index contributed by atoms with van der Waals surface area (Å²) in [6, 6.07) is -0.638. The maximum atomic E-state index is 12.5. The second-order valence-corrected chi connectivity index (χ2v) is 20.0. The molecular formula is C59H113NO5. The number of rotatable bonds is 54. The molecule has 0 spiro atoms. The lowest BCUT2D eigenvalue weighted by atomic mass is 10.0. The monoisotopic (exact) mass is 916 g/mol. The highest BCUT2D eigenvalue weighted by Gasteiger charge is 2.18. The Kier molecular flexibility index (Phi) is 53.5. The Morgan fingerprint density at radius 3 is 1.09 bits per heavy atom. The van der Waals surface area contributed by atoms with E-state index >= 15 is 0 Å². The third kappa shape index (κ3) is 51.6. The van der Waals surface area contributed by atoms with Gasteiger partial charge in [0.1, 0.15) is 0 Å². The number of allylic oxidation sites excluding steroid dienone is 3. The zero-order valence-corrected chi connectivity index (χ0v) is 43.7. The fourth-order valence-electron chi connectivity index (χ4n) is 8.98. The Morgan fingerprint density at radius 1 is 0.415 bits per heavy atom. The van der Waals surface area contributed by atoms with E-state index in [0.29, 0.717) is 19.4 Å². The molecule has 0 aliphatic carbocycles. The molecule has 0 radical (unpaired) electrons. The molecule has 0 aromatic carbocycles. The average molecular weight is 917 g/mol. The fourth-order valence-corrected chi connectivity index (χ4v) is 8.98. The van der Waals surface area contributed by atoms with Crippen LogP contribution in [0.4, 0.5) is 0 Å². The number of nitrogens with one attached hydrogen (secondary N) is 1. The van der Waals surface area contributed by atoms with Crippen molar-refractivity contribution < 1.29 is 24.5 Å². The number of unbranched alkanes of at least 4 members (excludes halogenated alkanes) is 41. The van der Waals surface area contributed by atoms with Crippen molar-refractivity contribution in [3.63, 3.8) is 0 Å². The molecule has 0 bridgehead atoms. The highest BCUT2D eigenvalue weighted by molar-refractivity contribution is 5.76. The zero-order chi connectivity index (χ0) is 47.2. The normalized spacial score (nSPS) is 12.7. The molecule has 0 fully saturated rings. The Morgan fingerprint density at radius 2 is 0.723 bits per heavy atom. The topological polar surface area (TPSA) is 95.9 Å². The fraction of sp³-hybridized carbons (Fsp3) is 0.898. The summed E-state index contributed by atoms with van der Waals surface area (Å²) in [5, 5.41) is 23.1. The van der Waals surface area contributed by atoms with Crippen LogP contribution in [0, 0.1) is 0 Å². The summed E-state index contributed by atoms with van der Waals surface area (Å²) in [7, 11) is 0. The van der Waals surface area contributed by atoms with E-state index in [1.807, 2.05) is 6.08 Å². The van der Waals surface area contributed by atoms with Gasteiger partial charge in [-0.3, -0.25) is 9.59 Å². The molecule has 0 aromatic rings. The first-order chi connectivity index (χ1) is 32.0. The van der Waals surface area contributed by atoms with Crippen LogP contribution in [0.1, 0.15) is 316 Å². The minimum atomic E-state index is -0.853. The molecule has 6 heteroatoms. The lowest BCUT2D eigenvalue weighted by Gasteiger charge is -2.20. The molecule has 0 heterocycles. The minimum absolute atomic E-state index is 0.00298. The van der Waals surface area contributed by atoms with Gasteiger partial charge in [-0.1, -0.05) is 269 Å². The number of hydrogen-bond donors (Lipinski definition) is 3. The van der Waals surface area contributed by atoms with Crippen LogP contribution in [0.3, 0.4) is 0 Å². The van der Waals surface area contributed by atoms with Gasteiger partial charge in [0, 0.05) is 12.8 Å². The van der Waals surface area contributed by atoms with Crippen LogP contribution in [0.5, 0.6) is 0 Å². The Hall–Kier alpha value is -1.66. The van der Waals surface area contributed by atoms with Crippen LogP contribution in [0.25, 0.3) is 0 Å². The van der Waals surface area contributed by atoms with Crippen molar-refractivity contribution in [1.82, 2.24) is 5.32 Å². The Balaban J connectivity index is 3.48. The first-order valence-electron chi connectivity index (χ1n) is 29.1. The molecule has 0 aromatic heterocycles. The molecular weight excluding hydrogens is 803 g/mol. The summed E-state index contributed by atoms with van der Waals surface area (Å²) in [5.41, 5.74) is 0. The maximum absolute atomic E-state index is 12.5. The summed E-state index contributed by atoms with van der Waals surface area (Å²) in [6.45, 7) is 4.90. The predicted octanol–water partition coefficient (Wildman–Crippen LogP) is 17.9. The van der Waals surface area contributed by atoms with Crippen molar-refractivity contribution >= 4 is 11.9 Å². The lowest BCUT2D eigenvalue weighted by molar-refractivity contribution is -0.143. The summed E-state index contributed by atoms with van der Waals surface area (Å²) in [6.07, 6.45) is 66.2. The lowest BCUT2D eigenvalue weighted by Crippen LogP contribution is -2.45. The Labute approximate surface area is 405 Å². The van der Waals surface area contributed by atoms with Gasteiger partial charge < -0.3 is 20.3 Å². The number of carbonyl (C=O) groups is 2. The van der Waals surface area contributed by atoms with Gasteiger partial charge in [0.05, 0.1) is 25.4 Å². The number of ether oxygens (including phenoxy) is 1. The Bertz CT molecular complexity index is 1010. The van der Waals surface area contributed by atoms with Gasteiger partial charge in [-0.05, 0) is 57.8 Å². The van der Waals surface area contributed by atoms with E-state index in [9.17, 15) is 19.8 Å². The van der Waals surface area contributed by atoms with Crippen LogP contribution < -0.4 is 5.32 Å². The van der Waals surface area contributed by atoms with Gasteiger partial charge >= 0.3 is 5.97 Å². The summed E-state index contributed by atoms with van der Waals surface area (Å²) in [5.74, 6) is -0.0773. The van der Waals surface area contributed by atoms with Gasteiger partial charge in [0.2, 0.25) is 5.91 Å². The van der Waals surface area contributed by atoms with Crippen LogP contribution in [0.15, 0.2) is 24.3 Å². The van der Waals surface area contributed by atoms with Crippen molar-refractivity contribution in [3.05, 3.63) is 24.3 Å². The summed E-state index contributed by atoms with van der Waals surface area (Å²) in [4.78, 5) is 24.5. The number of aliphatic hydroxyl groups is 2. The molecule has 65 heavy (non-hydrogen) atoms. The molecule has 1 amide bonds. The quantitative estimate of drug-likeness (QED) is 0.0321. The van der Waals surface area contributed by atoms with Gasteiger partial charge in [-0.2, -0.15) is 0 Å². The molecule has 0 rings (SSSR count). The summed E-state index contributed by atoms with van der Waals surface area (Å²) >= 11 is 0. The minimum Gasteiger partial charge on any atom is -0.466 e. The van der Waals surface area contributed by atoms with Crippen LogP contribution in [-0.2, 0) is 14.3 Å². The third-order valence-electron chi connectivity index (χ3n) is 13.5. The molecule has 2 unspecified atom stereocenters. The molecule has 2 atom stereocenters. The van der Waals surface area contributed by atoms with Gasteiger partial charge in [-0.25, -0.2) is 0 Å². The van der Waals surface area contributed by atoms with Gasteiger partial charge in [0.15, 0.2) is 0 Å².